The first-order valence-corrected chi connectivity index (χ1v) is 3.46. The van der Waals surface area contributed by atoms with Crippen LogP contribution in [0.3, 0.4) is 0 Å². The SMILES string of the molecule is C=CC1(C=C)CCC1C#N. The van der Waals surface area contributed by atoms with Crippen LogP contribution in [0.1, 0.15) is 12.8 Å². The third-order valence-electron chi connectivity index (χ3n) is 2.43. The summed E-state index contributed by atoms with van der Waals surface area (Å²) >= 11 is 0. The molecule has 1 heteroatoms. The van der Waals surface area contributed by atoms with Gasteiger partial charge in [0.05, 0.1) is 12.0 Å². The molecule has 0 amide bonds. The molecule has 1 aliphatic rings. The zero-order valence-electron chi connectivity index (χ0n) is 6.01. The first-order valence-electron chi connectivity index (χ1n) is 3.46. The Morgan fingerprint density at radius 2 is 2.10 bits per heavy atom. The van der Waals surface area contributed by atoms with Gasteiger partial charge in [-0.1, -0.05) is 12.2 Å². The van der Waals surface area contributed by atoms with Gasteiger partial charge in [0, 0.05) is 5.41 Å². The molecule has 1 nitrogen and oxygen atoms in total. The molecule has 0 aromatic carbocycles. The van der Waals surface area contributed by atoms with E-state index in [1.54, 1.807) is 0 Å². The third-order valence-corrected chi connectivity index (χ3v) is 2.43. The van der Waals surface area contributed by atoms with Gasteiger partial charge < -0.3 is 0 Å². The number of rotatable bonds is 2. The van der Waals surface area contributed by atoms with Crippen molar-refractivity contribution in [1.82, 2.24) is 0 Å². The van der Waals surface area contributed by atoms with Gasteiger partial charge in [0.25, 0.3) is 0 Å². The number of hydrogen-bond acceptors (Lipinski definition) is 1. The van der Waals surface area contributed by atoms with Gasteiger partial charge in [0.2, 0.25) is 0 Å². The van der Waals surface area contributed by atoms with Crippen LogP contribution >= 0.6 is 0 Å². The minimum absolute atomic E-state index is 0.0608. The molecule has 1 rings (SSSR count). The Kier molecular flexibility index (Phi) is 1.63. The standard InChI is InChI=1S/C9H11N/c1-3-9(4-2)6-5-8(9)7-10/h3-4,8H,1-2,5-6H2. The second-order valence-corrected chi connectivity index (χ2v) is 2.74. The lowest BCUT2D eigenvalue weighted by Gasteiger charge is -2.41. The molecule has 0 aromatic rings. The minimum Gasteiger partial charge on any atom is -0.198 e. The van der Waals surface area contributed by atoms with Crippen LogP contribution in [-0.4, -0.2) is 0 Å². The summed E-state index contributed by atoms with van der Waals surface area (Å²) in [6.45, 7) is 7.40. The van der Waals surface area contributed by atoms with E-state index >= 15 is 0 Å². The molecule has 0 N–H and O–H groups in total. The van der Waals surface area contributed by atoms with Crippen LogP contribution in [0.4, 0.5) is 0 Å². The smallest absolute Gasteiger partial charge is 0.0668 e. The van der Waals surface area contributed by atoms with Crippen molar-refractivity contribution in [1.29, 1.82) is 5.26 Å². The molecule has 0 bridgehead atoms. The third kappa shape index (κ3) is 0.690. The molecule has 52 valence electrons. The number of hydrogen-bond donors (Lipinski definition) is 0. The number of nitriles is 1. The van der Waals surface area contributed by atoms with Crippen molar-refractivity contribution in [3.8, 4) is 6.07 Å². The Labute approximate surface area is 61.7 Å². The predicted molar refractivity (Wildman–Crippen MR) is 41.2 cm³/mol. The lowest BCUT2D eigenvalue weighted by molar-refractivity contribution is 0.198. The summed E-state index contributed by atoms with van der Waals surface area (Å²) in [5.74, 6) is 0.127. The molecule has 1 aliphatic carbocycles. The first-order chi connectivity index (χ1) is 4.79. The zero-order chi connectivity index (χ0) is 7.61. The maximum atomic E-state index is 8.64. The number of nitrogens with zero attached hydrogens (tertiary/aromatic N) is 1. The summed E-state index contributed by atoms with van der Waals surface area (Å²) in [5, 5.41) is 8.64. The molecule has 1 unspecified atom stereocenters. The molecule has 1 fully saturated rings. The van der Waals surface area contributed by atoms with E-state index in [1.165, 1.54) is 0 Å². The largest absolute Gasteiger partial charge is 0.198 e. The average Bonchev–Trinajstić information content (AvgIpc) is 1.90. The Morgan fingerprint density at radius 1 is 1.50 bits per heavy atom. The van der Waals surface area contributed by atoms with Crippen molar-refractivity contribution < 1.29 is 0 Å². The molecule has 0 saturated heterocycles. The van der Waals surface area contributed by atoms with E-state index in [-0.39, 0.29) is 11.3 Å². The van der Waals surface area contributed by atoms with Gasteiger partial charge in [0.15, 0.2) is 0 Å². The van der Waals surface area contributed by atoms with E-state index in [2.05, 4.69) is 19.2 Å². The fraction of sp³-hybridized carbons (Fsp3) is 0.444. The van der Waals surface area contributed by atoms with Gasteiger partial charge in [-0.2, -0.15) is 5.26 Å². The molecule has 0 aromatic heterocycles. The zero-order valence-corrected chi connectivity index (χ0v) is 6.01. The summed E-state index contributed by atoms with van der Waals surface area (Å²) < 4.78 is 0. The highest BCUT2D eigenvalue weighted by atomic mass is 14.5. The van der Waals surface area contributed by atoms with Crippen molar-refractivity contribution >= 4 is 0 Å². The normalized spacial score (nSPS) is 27.7. The van der Waals surface area contributed by atoms with Gasteiger partial charge in [-0.25, -0.2) is 0 Å². The fourth-order valence-electron chi connectivity index (χ4n) is 1.38. The highest BCUT2D eigenvalue weighted by Gasteiger charge is 2.41. The Hall–Kier alpha value is -1.03. The van der Waals surface area contributed by atoms with E-state index in [0.717, 1.165) is 12.8 Å². The lowest BCUT2D eigenvalue weighted by Crippen LogP contribution is -2.35. The number of allylic oxidation sites excluding steroid dienone is 2. The van der Waals surface area contributed by atoms with Crippen LogP contribution in [-0.2, 0) is 0 Å². The van der Waals surface area contributed by atoms with Gasteiger partial charge in [-0.05, 0) is 12.8 Å². The molecular weight excluding hydrogens is 122 g/mol. The molecule has 1 saturated carbocycles. The van der Waals surface area contributed by atoms with Crippen LogP contribution in [0, 0.1) is 22.7 Å². The summed E-state index contributed by atoms with van der Waals surface area (Å²) in [7, 11) is 0. The van der Waals surface area contributed by atoms with Crippen molar-refractivity contribution in [2.75, 3.05) is 0 Å². The van der Waals surface area contributed by atoms with Crippen molar-refractivity contribution in [3.05, 3.63) is 25.3 Å². The van der Waals surface area contributed by atoms with Gasteiger partial charge >= 0.3 is 0 Å². The van der Waals surface area contributed by atoms with Crippen LogP contribution in [0.5, 0.6) is 0 Å². The highest BCUT2D eigenvalue weighted by molar-refractivity contribution is 5.20. The fourth-order valence-corrected chi connectivity index (χ4v) is 1.38. The van der Waals surface area contributed by atoms with Crippen LogP contribution in [0.2, 0.25) is 0 Å². The summed E-state index contributed by atoms with van der Waals surface area (Å²) in [6.07, 6.45) is 5.72. The molecule has 0 radical (unpaired) electrons. The van der Waals surface area contributed by atoms with Crippen molar-refractivity contribution in [2.24, 2.45) is 11.3 Å². The molecule has 10 heavy (non-hydrogen) atoms. The van der Waals surface area contributed by atoms with E-state index in [4.69, 9.17) is 5.26 Å². The van der Waals surface area contributed by atoms with E-state index < -0.39 is 0 Å². The van der Waals surface area contributed by atoms with Gasteiger partial charge in [-0.3, -0.25) is 0 Å². The van der Waals surface area contributed by atoms with E-state index in [1.807, 2.05) is 12.2 Å². The van der Waals surface area contributed by atoms with Crippen LogP contribution in [0.15, 0.2) is 25.3 Å². The minimum atomic E-state index is -0.0608. The summed E-state index contributed by atoms with van der Waals surface area (Å²) in [4.78, 5) is 0. The van der Waals surface area contributed by atoms with Crippen molar-refractivity contribution in [2.45, 2.75) is 12.8 Å². The molecule has 1 atom stereocenters. The van der Waals surface area contributed by atoms with E-state index in [9.17, 15) is 0 Å². The maximum absolute atomic E-state index is 8.64. The quantitative estimate of drug-likeness (QED) is 0.530. The summed E-state index contributed by atoms with van der Waals surface area (Å²) in [6, 6.07) is 2.25. The average molecular weight is 133 g/mol. The highest BCUT2D eigenvalue weighted by Crippen LogP contribution is 2.48. The topological polar surface area (TPSA) is 23.8 Å². The maximum Gasteiger partial charge on any atom is 0.0668 e. The van der Waals surface area contributed by atoms with Crippen LogP contribution < -0.4 is 0 Å². The Bertz CT molecular complexity index is 189. The second-order valence-electron chi connectivity index (χ2n) is 2.74. The van der Waals surface area contributed by atoms with Gasteiger partial charge in [-0.15, -0.1) is 13.2 Å². The van der Waals surface area contributed by atoms with Crippen molar-refractivity contribution in [3.63, 3.8) is 0 Å². The first kappa shape index (κ1) is 7.08. The van der Waals surface area contributed by atoms with E-state index in [0.29, 0.717) is 0 Å². The molecule has 0 spiro atoms. The Morgan fingerprint density at radius 3 is 2.20 bits per heavy atom. The monoisotopic (exact) mass is 133 g/mol. The molecule has 0 heterocycles. The Balaban J connectivity index is 2.77. The van der Waals surface area contributed by atoms with Crippen LogP contribution in [0.25, 0.3) is 0 Å². The lowest BCUT2D eigenvalue weighted by atomic mass is 9.61. The summed E-state index contributed by atoms with van der Waals surface area (Å²) in [5.41, 5.74) is -0.0608. The predicted octanol–water partition coefficient (Wildman–Crippen LogP) is 2.28. The van der Waals surface area contributed by atoms with Gasteiger partial charge in [0.1, 0.15) is 0 Å². The molecule has 0 aliphatic heterocycles. The molecular formula is C9H11N. The second kappa shape index (κ2) is 2.30.